The van der Waals surface area contributed by atoms with Gasteiger partial charge < -0.3 is 15.0 Å². The number of carbonyl (C=O) groups is 2. The fourth-order valence-electron chi connectivity index (χ4n) is 5.15. The van der Waals surface area contributed by atoms with Gasteiger partial charge in [0.05, 0.1) is 17.7 Å². The summed E-state index contributed by atoms with van der Waals surface area (Å²) in [6.45, 7) is 2.52. The molecular formula is C26H30ClN3O5S. The number of carbonyl (C=O) groups excluding carboxylic acids is 2. The minimum Gasteiger partial charge on any atom is -0.495 e. The van der Waals surface area contributed by atoms with Crippen LogP contribution in [0, 0.1) is 11.8 Å². The van der Waals surface area contributed by atoms with Gasteiger partial charge in [0.15, 0.2) is 0 Å². The molecule has 10 heteroatoms. The zero-order chi connectivity index (χ0) is 25.6. The predicted molar refractivity (Wildman–Crippen MR) is 138 cm³/mol. The number of benzene rings is 2. The first-order valence-corrected chi connectivity index (χ1v) is 14.1. The number of nitrogens with zero attached hydrogens (tertiary/aromatic N) is 2. The summed E-state index contributed by atoms with van der Waals surface area (Å²) in [5.41, 5.74) is 2.21. The normalized spacial score (nSPS) is 20.8. The lowest BCUT2D eigenvalue weighted by Crippen LogP contribution is -2.41. The molecule has 8 nitrogen and oxygen atoms in total. The number of halogens is 1. The molecule has 5 rings (SSSR count). The van der Waals surface area contributed by atoms with Crippen molar-refractivity contribution in [3.05, 3.63) is 47.0 Å². The van der Waals surface area contributed by atoms with E-state index >= 15 is 0 Å². The van der Waals surface area contributed by atoms with Gasteiger partial charge in [-0.15, -0.1) is 0 Å². The van der Waals surface area contributed by atoms with Gasteiger partial charge in [-0.1, -0.05) is 11.6 Å². The molecule has 1 N–H and O–H groups in total. The fourth-order valence-corrected chi connectivity index (χ4v) is 6.84. The summed E-state index contributed by atoms with van der Waals surface area (Å²) < 4.78 is 33.5. The molecule has 1 saturated heterocycles. The van der Waals surface area contributed by atoms with Crippen molar-refractivity contribution in [3.8, 4) is 5.75 Å². The van der Waals surface area contributed by atoms with E-state index in [4.69, 9.17) is 16.3 Å². The molecular weight excluding hydrogens is 502 g/mol. The second-order valence-electron chi connectivity index (χ2n) is 9.84. The van der Waals surface area contributed by atoms with E-state index in [-0.39, 0.29) is 47.7 Å². The zero-order valence-corrected chi connectivity index (χ0v) is 21.9. The Morgan fingerprint density at radius 2 is 1.75 bits per heavy atom. The molecule has 2 aliphatic heterocycles. The highest BCUT2D eigenvalue weighted by atomic mass is 35.5. The molecule has 2 fully saturated rings. The number of amides is 2. The minimum absolute atomic E-state index is 0.0263. The quantitative estimate of drug-likeness (QED) is 0.606. The summed E-state index contributed by atoms with van der Waals surface area (Å²) in [6, 6.07) is 10.1. The molecule has 1 saturated carbocycles. The number of piperidine rings is 1. The Bertz CT molecular complexity index is 1300. The van der Waals surface area contributed by atoms with Crippen LogP contribution in [-0.4, -0.2) is 50.8 Å². The van der Waals surface area contributed by atoms with Crippen LogP contribution in [0.2, 0.25) is 5.02 Å². The van der Waals surface area contributed by atoms with Crippen molar-refractivity contribution < 1.29 is 22.7 Å². The van der Waals surface area contributed by atoms with Crippen molar-refractivity contribution in [1.82, 2.24) is 4.31 Å². The highest BCUT2D eigenvalue weighted by molar-refractivity contribution is 7.89. The minimum atomic E-state index is -3.71. The van der Waals surface area contributed by atoms with Gasteiger partial charge in [-0.3, -0.25) is 9.59 Å². The third-order valence-electron chi connectivity index (χ3n) is 7.31. The molecule has 36 heavy (non-hydrogen) atoms. The van der Waals surface area contributed by atoms with E-state index in [1.54, 1.807) is 36.4 Å². The van der Waals surface area contributed by atoms with Crippen LogP contribution >= 0.6 is 11.6 Å². The van der Waals surface area contributed by atoms with E-state index in [1.807, 2.05) is 11.8 Å². The molecule has 1 atom stereocenters. The van der Waals surface area contributed by atoms with Gasteiger partial charge in [-0.05, 0) is 81.0 Å². The van der Waals surface area contributed by atoms with Crippen LogP contribution in [0.15, 0.2) is 41.3 Å². The summed E-state index contributed by atoms with van der Waals surface area (Å²) in [7, 11) is -2.19. The highest BCUT2D eigenvalue weighted by Gasteiger charge is 2.40. The maximum Gasteiger partial charge on any atom is 0.243 e. The second kappa shape index (κ2) is 9.68. The van der Waals surface area contributed by atoms with E-state index in [0.29, 0.717) is 35.7 Å². The van der Waals surface area contributed by atoms with Gasteiger partial charge in [-0.2, -0.15) is 4.31 Å². The SMILES string of the molecule is COc1ccc(Cl)cc1NC(=O)C1CCN(S(=O)(=O)c2ccc3c(c2)CC(C)N3C(=O)C2CC2)CC1. The summed E-state index contributed by atoms with van der Waals surface area (Å²) in [5, 5.41) is 3.35. The molecule has 2 aromatic rings. The maximum absolute atomic E-state index is 13.4. The van der Waals surface area contributed by atoms with Crippen LogP contribution in [0.25, 0.3) is 0 Å². The standard InChI is InChI=1S/C26H30ClN3O5S/c1-16-13-19-14-21(6-7-23(19)30(16)26(32)18-3-4-18)36(33,34)29-11-9-17(10-12-29)25(31)28-22-15-20(27)5-8-24(22)35-2/h5-8,14-18H,3-4,9-13H2,1-2H3,(H,28,31). The number of methoxy groups -OCH3 is 1. The smallest absolute Gasteiger partial charge is 0.243 e. The lowest BCUT2D eigenvalue weighted by Gasteiger charge is -2.30. The van der Waals surface area contributed by atoms with Crippen molar-refractivity contribution in [2.24, 2.45) is 11.8 Å². The largest absolute Gasteiger partial charge is 0.495 e. The molecule has 0 radical (unpaired) electrons. The molecule has 2 aromatic carbocycles. The Labute approximate surface area is 216 Å². The average Bonchev–Trinajstić information content (AvgIpc) is 3.65. The summed E-state index contributed by atoms with van der Waals surface area (Å²) >= 11 is 6.05. The number of hydrogen-bond donors (Lipinski definition) is 1. The van der Waals surface area contributed by atoms with Gasteiger partial charge in [0, 0.05) is 41.7 Å². The topological polar surface area (TPSA) is 96.0 Å². The summed E-state index contributed by atoms with van der Waals surface area (Å²) in [4.78, 5) is 27.6. The number of ether oxygens (including phenoxy) is 1. The number of hydrogen-bond acceptors (Lipinski definition) is 5. The Balaban J connectivity index is 1.25. The number of rotatable bonds is 6. The van der Waals surface area contributed by atoms with Crippen molar-refractivity contribution >= 4 is 44.8 Å². The molecule has 0 spiro atoms. The molecule has 2 amide bonds. The monoisotopic (exact) mass is 531 g/mol. The Morgan fingerprint density at radius 3 is 2.42 bits per heavy atom. The van der Waals surface area contributed by atoms with E-state index in [0.717, 1.165) is 24.1 Å². The Hall–Kier alpha value is -2.62. The van der Waals surface area contributed by atoms with Gasteiger partial charge in [0.2, 0.25) is 21.8 Å². The van der Waals surface area contributed by atoms with Crippen LogP contribution in [-0.2, 0) is 26.0 Å². The van der Waals surface area contributed by atoms with Crippen molar-refractivity contribution in [2.45, 2.75) is 50.0 Å². The fraction of sp³-hybridized carbons (Fsp3) is 0.462. The third kappa shape index (κ3) is 4.71. The van der Waals surface area contributed by atoms with Crippen LogP contribution in [0.1, 0.15) is 38.2 Å². The molecule has 1 unspecified atom stereocenters. The number of nitrogens with one attached hydrogen (secondary N) is 1. The molecule has 0 aromatic heterocycles. The Morgan fingerprint density at radius 1 is 1.03 bits per heavy atom. The van der Waals surface area contributed by atoms with Crippen LogP contribution < -0.4 is 15.0 Å². The lowest BCUT2D eigenvalue weighted by molar-refractivity contribution is -0.121. The van der Waals surface area contributed by atoms with E-state index in [1.165, 1.54) is 11.4 Å². The number of anilines is 2. The molecule has 0 bridgehead atoms. The summed E-state index contributed by atoms with van der Waals surface area (Å²) in [5.74, 6) is 0.270. The summed E-state index contributed by atoms with van der Waals surface area (Å²) in [6.07, 6.45) is 3.35. The van der Waals surface area contributed by atoms with E-state index in [9.17, 15) is 18.0 Å². The van der Waals surface area contributed by atoms with Crippen LogP contribution in [0.4, 0.5) is 11.4 Å². The van der Waals surface area contributed by atoms with Crippen molar-refractivity contribution in [3.63, 3.8) is 0 Å². The first kappa shape index (κ1) is 25.0. The number of fused-ring (bicyclic) bond motifs is 1. The predicted octanol–water partition coefficient (Wildman–Crippen LogP) is 4.08. The average molecular weight is 532 g/mol. The molecule has 3 aliphatic rings. The van der Waals surface area contributed by atoms with Crippen LogP contribution in [0.3, 0.4) is 0 Å². The molecule has 1 aliphatic carbocycles. The van der Waals surface area contributed by atoms with Gasteiger partial charge >= 0.3 is 0 Å². The van der Waals surface area contributed by atoms with Crippen molar-refractivity contribution in [1.29, 1.82) is 0 Å². The van der Waals surface area contributed by atoms with Gasteiger partial charge in [-0.25, -0.2) is 8.42 Å². The molecule has 2 heterocycles. The van der Waals surface area contributed by atoms with Gasteiger partial charge in [0.1, 0.15) is 5.75 Å². The van der Waals surface area contributed by atoms with Crippen LogP contribution in [0.5, 0.6) is 5.75 Å². The first-order chi connectivity index (χ1) is 17.2. The van der Waals surface area contributed by atoms with E-state index < -0.39 is 10.0 Å². The van der Waals surface area contributed by atoms with Crippen molar-refractivity contribution in [2.75, 3.05) is 30.4 Å². The van der Waals surface area contributed by atoms with E-state index in [2.05, 4.69) is 5.32 Å². The maximum atomic E-state index is 13.4. The number of sulfonamides is 1. The molecule has 192 valence electrons. The lowest BCUT2D eigenvalue weighted by atomic mass is 9.97. The van der Waals surface area contributed by atoms with Gasteiger partial charge in [0.25, 0.3) is 0 Å². The highest BCUT2D eigenvalue weighted by Crippen LogP contribution is 2.40. The first-order valence-electron chi connectivity index (χ1n) is 12.3. The zero-order valence-electron chi connectivity index (χ0n) is 20.4. The Kier molecular flexibility index (Phi) is 6.74. The second-order valence-corrected chi connectivity index (χ2v) is 12.2. The third-order valence-corrected chi connectivity index (χ3v) is 9.44.